The number of aryl methyl sites for hydroxylation is 1. The Balaban J connectivity index is 1.92. The summed E-state index contributed by atoms with van der Waals surface area (Å²) in [5.41, 5.74) is 1.18. The van der Waals surface area contributed by atoms with Crippen molar-refractivity contribution in [2.45, 2.75) is 20.0 Å². The molecule has 0 unspecified atom stereocenters. The molecular weight excluding hydrogens is 230 g/mol. The van der Waals surface area contributed by atoms with Crippen LogP contribution in [0.2, 0.25) is 0 Å². The van der Waals surface area contributed by atoms with Gasteiger partial charge in [-0.05, 0) is 26.0 Å². The topological polar surface area (TPSA) is 38.8 Å². The maximum atomic E-state index is 12.1. The maximum absolute atomic E-state index is 12.1. The lowest BCUT2D eigenvalue weighted by atomic mass is 10.2. The van der Waals surface area contributed by atoms with E-state index in [1.165, 1.54) is 5.56 Å². The van der Waals surface area contributed by atoms with Crippen LogP contribution in [0.4, 0.5) is 0 Å². The van der Waals surface area contributed by atoms with Crippen LogP contribution in [0, 0.1) is 6.92 Å². The second-order valence-corrected chi connectivity index (χ2v) is 4.51. The van der Waals surface area contributed by atoms with Crippen molar-refractivity contribution < 1.29 is 14.3 Å². The summed E-state index contributed by atoms with van der Waals surface area (Å²) in [6.45, 7) is 6.34. The monoisotopic (exact) mass is 249 g/mol. The minimum Gasteiger partial charge on any atom is -0.481 e. The van der Waals surface area contributed by atoms with Gasteiger partial charge in [-0.1, -0.05) is 17.7 Å². The number of hydrogen-bond acceptors (Lipinski definition) is 3. The largest absolute Gasteiger partial charge is 0.481 e. The van der Waals surface area contributed by atoms with Gasteiger partial charge in [0.1, 0.15) is 5.75 Å². The Morgan fingerprint density at radius 2 is 1.89 bits per heavy atom. The van der Waals surface area contributed by atoms with Crippen LogP contribution in [-0.4, -0.2) is 43.2 Å². The second-order valence-electron chi connectivity index (χ2n) is 4.51. The van der Waals surface area contributed by atoms with Crippen LogP contribution in [0.5, 0.6) is 5.75 Å². The standard InChI is InChI=1S/C14H19NO3/c1-11-3-5-13(6-4-11)18-12(2)14(16)15-7-9-17-10-8-15/h3-6,12H,7-10H2,1-2H3/t12-/m0/s1. The molecule has 1 fully saturated rings. The van der Waals surface area contributed by atoms with Crippen LogP contribution in [0.1, 0.15) is 12.5 Å². The lowest BCUT2D eigenvalue weighted by molar-refractivity contribution is -0.142. The third-order valence-electron chi connectivity index (χ3n) is 3.00. The molecule has 0 radical (unpaired) electrons. The molecule has 4 nitrogen and oxygen atoms in total. The summed E-state index contributed by atoms with van der Waals surface area (Å²) in [7, 11) is 0. The average molecular weight is 249 g/mol. The molecule has 0 saturated carbocycles. The Hall–Kier alpha value is -1.55. The molecular formula is C14H19NO3. The highest BCUT2D eigenvalue weighted by molar-refractivity contribution is 5.81. The van der Waals surface area contributed by atoms with E-state index >= 15 is 0 Å². The molecule has 1 saturated heterocycles. The van der Waals surface area contributed by atoms with Gasteiger partial charge in [-0.15, -0.1) is 0 Å². The number of carbonyl (C=O) groups is 1. The van der Waals surface area contributed by atoms with Gasteiger partial charge in [0.2, 0.25) is 0 Å². The number of hydrogen-bond donors (Lipinski definition) is 0. The van der Waals surface area contributed by atoms with E-state index in [-0.39, 0.29) is 5.91 Å². The van der Waals surface area contributed by atoms with E-state index in [0.717, 1.165) is 5.75 Å². The van der Waals surface area contributed by atoms with Gasteiger partial charge < -0.3 is 14.4 Å². The SMILES string of the molecule is Cc1ccc(O[C@@H](C)C(=O)N2CCOCC2)cc1. The van der Waals surface area contributed by atoms with Crippen molar-refractivity contribution in [3.8, 4) is 5.75 Å². The lowest BCUT2D eigenvalue weighted by Crippen LogP contribution is -2.46. The molecule has 1 amide bonds. The molecule has 18 heavy (non-hydrogen) atoms. The molecule has 0 N–H and O–H groups in total. The van der Waals surface area contributed by atoms with Crippen LogP contribution in [0.25, 0.3) is 0 Å². The van der Waals surface area contributed by atoms with E-state index in [4.69, 9.17) is 9.47 Å². The Morgan fingerprint density at radius 3 is 2.50 bits per heavy atom. The molecule has 0 aliphatic carbocycles. The maximum Gasteiger partial charge on any atom is 0.263 e. The molecule has 98 valence electrons. The highest BCUT2D eigenvalue weighted by Gasteiger charge is 2.23. The Bertz CT molecular complexity index is 396. The molecule has 0 spiro atoms. The number of ether oxygens (including phenoxy) is 2. The number of carbonyl (C=O) groups excluding carboxylic acids is 1. The summed E-state index contributed by atoms with van der Waals surface area (Å²) in [6.07, 6.45) is -0.453. The van der Waals surface area contributed by atoms with E-state index in [1.54, 1.807) is 11.8 Å². The summed E-state index contributed by atoms with van der Waals surface area (Å²) in [5.74, 6) is 0.758. The molecule has 0 aromatic heterocycles. The van der Waals surface area contributed by atoms with Crippen molar-refractivity contribution in [2.24, 2.45) is 0 Å². The zero-order chi connectivity index (χ0) is 13.0. The van der Waals surface area contributed by atoms with Gasteiger partial charge in [-0.25, -0.2) is 0 Å². The molecule has 1 aliphatic heterocycles. The lowest BCUT2D eigenvalue weighted by Gasteiger charge is -2.29. The predicted molar refractivity (Wildman–Crippen MR) is 68.7 cm³/mol. The minimum absolute atomic E-state index is 0.0267. The summed E-state index contributed by atoms with van der Waals surface area (Å²) < 4.78 is 10.9. The minimum atomic E-state index is -0.453. The second kappa shape index (κ2) is 5.87. The first kappa shape index (κ1) is 12.9. The smallest absolute Gasteiger partial charge is 0.263 e. The van der Waals surface area contributed by atoms with Crippen LogP contribution >= 0.6 is 0 Å². The van der Waals surface area contributed by atoms with Crippen molar-refractivity contribution in [3.05, 3.63) is 29.8 Å². The van der Waals surface area contributed by atoms with Crippen molar-refractivity contribution in [3.63, 3.8) is 0 Å². The molecule has 1 heterocycles. The summed E-state index contributed by atoms with van der Waals surface area (Å²) in [5, 5.41) is 0. The van der Waals surface area contributed by atoms with E-state index in [2.05, 4.69) is 0 Å². The highest BCUT2D eigenvalue weighted by atomic mass is 16.5. The summed E-state index contributed by atoms with van der Waals surface area (Å²) in [4.78, 5) is 13.9. The van der Waals surface area contributed by atoms with Crippen LogP contribution in [0.3, 0.4) is 0 Å². The first-order chi connectivity index (χ1) is 8.66. The number of rotatable bonds is 3. The summed E-state index contributed by atoms with van der Waals surface area (Å²) >= 11 is 0. The van der Waals surface area contributed by atoms with E-state index in [9.17, 15) is 4.79 Å². The fourth-order valence-corrected chi connectivity index (χ4v) is 1.91. The van der Waals surface area contributed by atoms with Gasteiger partial charge in [-0.2, -0.15) is 0 Å². The van der Waals surface area contributed by atoms with Gasteiger partial charge >= 0.3 is 0 Å². The Morgan fingerprint density at radius 1 is 1.28 bits per heavy atom. The van der Waals surface area contributed by atoms with Crippen molar-refractivity contribution in [1.29, 1.82) is 0 Å². The van der Waals surface area contributed by atoms with Gasteiger partial charge in [0.05, 0.1) is 13.2 Å². The molecule has 4 heteroatoms. The van der Waals surface area contributed by atoms with Gasteiger partial charge in [0, 0.05) is 13.1 Å². The van der Waals surface area contributed by atoms with Gasteiger partial charge in [-0.3, -0.25) is 4.79 Å². The number of nitrogens with zero attached hydrogens (tertiary/aromatic N) is 1. The van der Waals surface area contributed by atoms with Crippen LogP contribution < -0.4 is 4.74 Å². The first-order valence-corrected chi connectivity index (χ1v) is 6.26. The van der Waals surface area contributed by atoms with Crippen LogP contribution in [-0.2, 0) is 9.53 Å². The van der Waals surface area contributed by atoms with Gasteiger partial charge in [0.15, 0.2) is 6.10 Å². The van der Waals surface area contributed by atoms with E-state index in [0.29, 0.717) is 26.3 Å². The third-order valence-corrected chi connectivity index (χ3v) is 3.00. The van der Waals surface area contributed by atoms with Crippen molar-refractivity contribution in [1.82, 2.24) is 4.90 Å². The predicted octanol–water partition coefficient (Wildman–Crippen LogP) is 1.62. The first-order valence-electron chi connectivity index (χ1n) is 6.26. The van der Waals surface area contributed by atoms with E-state index in [1.807, 2.05) is 31.2 Å². The molecule has 1 aliphatic rings. The number of benzene rings is 1. The Kier molecular flexibility index (Phi) is 4.20. The average Bonchev–Trinajstić information content (AvgIpc) is 2.41. The molecule has 2 rings (SSSR count). The van der Waals surface area contributed by atoms with Gasteiger partial charge in [0.25, 0.3) is 5.91 Å². The summed E-state index contributed by atoms with van der Waals surface area (Å²) in [6, 6.07) is 7.72. The zero-order valence-corrected chi connectivity index (χ0v) is 10.9. The molecule has 1 aromatic carbocycles. The molecule has 1 aromatic rings. The number of amides is 1. The molecule has 1 atom stereocenters. The Labute approximate surface area is 107 Å². The van der Waals surface area contributed by atoms with E-state index < -0.39 is 6.10 Å². The fraction of sp³-hybridized carbons (Fsp3) is 0.500. The fourth-order valence-electron chi connectivity index (χ4n) is 1.91. The quantitative estimate of drug-likeness (QED) is 0.817. The van der Waals surface area contributed by atoms with Crippen molar-refractivity contribution >= 4 is 5.91 Å². The third kappa shape index (κ3) is 3.23. The van der Waals surface area contributed by atoms with Crippen LogP contribution in [0.15, 0.2) is 24.3 Å². The van der Waals surface area contributed by atoms with Crippen molar-refractivity contribution in [2.75, 3.05) is 26.3 Å². The highest BCUT2D eigenvalue weighted by Crippen LogP contribution is 2.14. The normalized spacial score (nSPS) is 17.3. The molecule has 0 bridgehead atoms. The number of morpholine rings is 1. The zero-order valence-electron chi connectivity index (χ0n) is 10.9.